The normalized spacial score (nSPS) is 15.3. The van der Waals surface area contributed by atoms with Gasteiger partial charge in [0.15, 0.2) is 17.4 Å². The van der Waals surface area contributed by atoms with Crippen molar-refractivity contribution < 1.29 is 32.3 Å². The highest BCUT2D eigenvalue weighted by Gasteiger charge is 2.28. The van der Waals surface area contributed by atoms with Crippen LogP contribution in [0.25, 0.3) is 0 Å². The molecular formula is C22H23F3N4O4. The third kappa shape index (κ3) is 5.99. The summed E-state index contributed by atoms with van der Waals surface area (Å²) in [6.45, 7) is 3.69. The number of rotatable bonds is 8. The van der Waals surface area contributed by atoms with E-state index < -0.39 is 35.6 Å². The summed E-state index contributed by atoms with van der Waals surface area (Å²) in [5.74, 6) is -4.68. The van der Waals surface area contributed by atoms with Crippen LogP contribution in [0.1, 0.15) is 37.0 Å². The van der Waals surface area contributed by atoms with Crippen LogP contribution in [0.5, 0.6) is 0 Å². The van der Waals surface area contributed by atoms with Crippen LogP contribution in [-0.4, -0.2) is 48.4 Å². The first kappa shape index (κ1) is 24.0. The van der Waals surface area contributed by atoms with Crippen molar-refractivity contribution in [2.45, 2.75) is 32.7 Å². The first-order valence-electron chi connectivity index (χ1n) is 10.3. The summed E-state index contributed by atoms with van der Waals surface area (Å²) in [5.41, 5.74) is -0.477. The van der Waals surface area contributed by atoms with Gasteiger partial charge in [0.25, 0.3) is 0 Å². The summed E-state index contributed by atoms with van der Waals surface area (Å²) in [6, 6.07) is 3.47. The van der Waals surface area contributed by atoms with Gasteiger partial charge in [-0.2, -0.15) is 0 Å². The molecule has 1 unspecified atom stereocenters. The Morgan fingerprint density at radius 2 is 1.94 bits per heavy atom. The quantitative estimate of drug-likeness (QED) is 0.352. The Balaban J connectivity index is 1.96. The maximum atomic E-state index is 15.0. The second kappa shape index (κ2) is 10.3. The highest BCUT2D eigenvalue weighted by atomic mass is 19.1. The Morgan fingerprint density at radius 1 is 1.18 bits per heavy atom. The largest absolute Gasteiger partial charge is 0.466 e. The number of Topliss-reactive ketones (excluding diaryl/α,β-unsaturated/α-hetero) is 1. The number of aromatic nitrogens is 1. The number of carbonyl (C=O) groups excluding carboxylic acids is 3. The number of hydrogen-bond donors (Lipinski definition) is 2. The molecule has 1 fully saturated rings. The lowest BCUT2D eigenvalue weighted by atomic mass is 10.1. The van der Waals surface area contributed by atoms with Crippen molar-refractivity contribution in [1.29, 1.82) is 0 Å². The Morgan fingerprint density at radius 3 is 2.61 bits per heavy atom. The smallest absolute Gasteiger partial charge is 0.313 e. The van der Waals surface area contributed by atoms with Crippen molar-refractivity contribution >= 4 is 35.0 Å². The third-order valence-electron chi connectivity index (χ3n) is 4.95. The first-order valence-corrected chi connectivity index (χ1v) is 10.3. The average molecular weight is 464 g/mol. The second-order valence-corrected chi connectivity index (χ2v) is 7.48. The number of nitrogens with one attached hydrogen (secondary N) is 2. The van der Waals surface area contributed by atoms with Crippen molar-refractivity contribution in [2.75, 3.05) is 29.9 Å². The maximum absolute atomic E-state index is 15.0. The molecule has 0 aliphatic carbocycles. The number of nitrogens with zero attached hydrogens (tertiary/aromatic N) is 2. The number of anilines is 3. The van der Waals surface area contributed by atoms with Gasteiger partial charge in [-0.25, -0.2) is 18.2 Å². The predicted octanol–water partition coefficient (Wildman–Crippen LogP) is 3.09. The van der Waals surface area contributed by atoms with E-state index in [0.29, 0.717) is 19.0 Å². The molecule has 0 bridgehead atoms. The van der Waals surface area contributed by atoms with E-state index in [-0.39, 0.29) is 48.0 Å². The molecule has 33 heavy (non-hydrogen) atoms. The lowest BCUT2D eigenvalue weighted by Crippen LogP contribution is -2.36. The van der Waals surface area contributed by atoms with Crippen LogP contribution in [0.2, 0.25) is 0 Å². The molecule has 0 radical (unpaired) electrons. The Hall–Kier alpha value is -3.63. The zero-order chi connectivity index (χ0) is 24.1. The minimum Gasteiger partial charge on any atom is -0.466 e. The van der Waals surface area contributed by atoms with Crippen molar-refractivity contribution in [1.82, 2.24) is 10.3 Å². The molecule has 1 atom stereocenters. The van der Waals surface area contributed by atoms with Crippen molar-refractivity contribution in [3.8, 4) is 0 Å². The number of ketones is 1. The molecule has 1 saturated heterocycles. The number of esters is 1. The molecular weight excluding hydrogens is 441 g/mol. The number of halogens is 3. The number of hydrogen-bond acceptors (Lipinski definition) is 7. The van der Waals surface area contributed by atoms with E-state index in [1.807, 2.05) is 0 Å². The average Bonchev–Trinajstić information content (AvgIpc) is 3.18. The summed E-state index contributed by atoms with van der Waals surface area (Å²) in [4.78, 5) is 41.5. The fourth-order valence-electron chi connectivity index (χ4n) is 3.52. The maximum Gasteiger partial charge on any atom is 0.313 e. The summed E-state index contributed by atoms with van der Waals surface area (Å²) < 4.78 is 47.2. The van der Waals surface area contributed by atoms with Crippen molar-refractivity contribution in [3.63, 3.8) is 0 Å². The van der Waals surface area contributed by atoms with Gasteiger partial charge in [-0.3, -0.25) is 14.4 Å². The molecule has 0 spiro atoms. The molecule has 1 aliphatic rings. The zero-order valence-electron chi connectivity index (χ0n) is 18.1. The fraction of sp³-hybridized carbons (Fsp3) is 0.364. The van der Waals surface area contributed by atoms with E-state index in [9.17, 15) is 27.6 Å². The molecule has 2 heterocycles. The van der Waals surface area contributed by atoms with E-state index in [4.69, 9.17) is 4.74 Å². The molecule has 176 valence electrons. The Bertz CT molecular complexity index is 1080. The lowest BCUT2D eigenvalue weighted by molar-refractivity contribution is -0.142. The van der Waals surface area contributed by atoms with Crippen LogP contribution in [0.3, 0.4) is 0 Å². The van der Waals surface area contributed by atoms with Gasteiger partial charge in [-0.1, -0.05) is 0 Å². The standard InChI is InChI=1S/C22H23F3N4O4/c1-3-33-20(32)10-19(31)15-9-17(25)22(29-7-6-14(11-29)26-12(2)30)28-21(15)27-18-5-4-13(23)8-16(18)24/h4-5,8-9,14H,3,6-7,10-11H2,1-2H3,(H,26,30)(H,27,28). The molecule has 0 saturated carbocycles. The Kier molecular flexibility index (Phi) is 7.52. The molecule has 2 aromatic rings. The number of carbonyl (C=O) groups is 3. The monoisotopic (exact) mass is 464 g/mol. The minimum absolute atomic E-state index is 0.0635. The van der Waals surface area contributed by atoms with Crippen molar-refractivity contribution in [2.24, 2.45) is 0 Å². The van der Waals surface area contributed by atoms with Crippen LogP contribution in [-0.2, 0) is 14.3 Å². The highest BCUT2D eigenvalue weighted by Crippen LogP contribution is 2.30. The first-order chi connectivity index (χ1) is 15.7. The summed E-state index contributed by atoms with van der Waals surface area (Å²) >= 11 is 0. The van der Waals surface area contributed by atoms with Crippen LogP contribution in [0, 0.1) is 17.5 Å². The summed E-state index contributed by atoms with van der Waals surface area (Å²) in [5, 5.41) is 5.35. The van der Waals surface area contributed by atoms with Gasteiger partial charge in [0.05, 0.1) is 17.9 Å². The molecule has 1 aliphatic heterocycles. The van der Waals surface area contributed by atoms with Crippen LogP contribution in [0.15, 0.2) is 24.3 Å². The van der Waals surface area contributed by atoms with Gasteiger partial charge in [-0.15, -0.1) is 0 Å². The fourth-order valence-corrected chi connectivity index (χ4v) is 3.52. The molecule has 3 rings (SSSR count). The number of ether oxygens (including phenoxy) is 1. The number of amides is 1. The number of benzene rings is 1. The second-order valence-electron chi connectivity index (χ2n) is 7.48. The van der Waals surface area contributed by atoms with Gasteiger partial charge in [-0.05, 0) is 31.5 Å². The van der Waals surface area contributed by atoms with Crippen LogP contribution >= 0.6 is 0 Å². The van der Waals surface area contributed by atoms with Crippen LogP contribution < -0.4 is 15.5 Å². The molecule has 1 amide bonds. The van der Waals surface area contributed by atoms with Gasteiger partial charge >= 0.3 is 5.97 Å². The molecule has 8 nitrogen and oxygen atoms in total. The highest BCUT2D eigenvalue weighted by molar-refractivity contribution is 6.09. The minimum atomic E-state index is -0.946. The summed E-state index contributed by atoms with van der Waals surface area (Å²) in [6.07, 6.45) is -0.108. The van der Waals surface area contributed by atoms with E-state index >= 15 is 0 Å². The zero-order valence-corrected chi connectivity index (χ0v) is 18.1. The van der Waals surface area contributed by atoms with Crippen molar-refractivity contribution in [3.05, 3.63) is 47.3 Å². The van der Waals surface area contributed by atoms with E-state index in [2.05, 4.69) is 15.6 Å². The van der Waals surface area contributed by atoms with Gasteiger partial charge in [0.1, 0.15) is 23.9 Å². The predicted molar refractivity (Wildman–Crippen MR) is 114 cm³/mol. The topological polar surface area (TPSA) is 101 Å². The van der Waals surface area contributed by atoms with Gasteiger partial charge < -0.3 is 20.3 Å². The van der Waals surface area contributed by atoms with E-state index in [1.54, 1.807) is 11.8 Å². The molecule has 2 N–H and O–H groups in total. The SMILES string of the molecule is CCOC(=O)CC(=O)c1cc(F)c(N2CCC(NC(C)=O)C2)nc1Nc1ccc(F)cc1F. The molecule has 1 aromatic carbocycles. The van der Waals surface area contributed by atoms with Crippen LogP contribution in [0.4, 0.5) is 30.5 Å². The Labute approximate surface area is 188 Å². The molecule has 11 heteroatoms. The van der Waals surface area contributed by atoms with E-state index in [1.165, 1.54) is 6.92 Å². The number of pyridine rings is 1. The molecule has 1 aromatic heterocycles. The van der Waals surface area contributed by atoms with Gasteiger partial charge in [0, 0.05) is 32.1 Å². The third-order valence-corrected chi connectivity index (χ3v) is 4.95. The lowest BCUT2D eigenvalue weighted by Gasteiger charge is -2.21. The summed E-state index contributed by atoms with van der Waals surface area (Å²) in [7, 11) is 0. The van der Waals surface area contributed by atoms with E-state index in [0.717, 1.165) is 18.2 Å². The van der Waals surface area contributed by atoms with Gasteiger partial charge in [0.2, 0.25) is 5.91 Å².